The number of benzene rings is 2. The van der Waals surface area contributed by atoms with E-state index in [1.165, 1.54) is 16.7 Å². The first kappa shape index (κ1) is 18.5. The molecular weight excluding hydrogens is 324 g/mol. The van der Waals surface area contributed by atoms with E-state index < -0.39 is 0 Å². The summed E-state index contributed by atoms with van der Waals surface area (Å²) in [5.41, 5.74) is 3.56. The fraction of sp³-hybridized carbons (Fsp3) is 0.409. The molecule has 1 fully saturated rings. The summed E-state index contributed by atoms with van der Waals surface area (Å²) in [6.45, 7) is 6.60. The van der Waals surface area contributed by atoms with Crippen LogP contribution in [0.25, 0.3) is 11.1 Å². The fourth-order valence-electron chi connectivity index (χ4n) is 3.68. The molecule has 1 N–H and O–H groups in total. The molecule has 0 spiro atoms. The van der Waals surface area contributed by atoms with Crippen LogP contribution in [0.3, 0.4) is 0 Å². The Hall–Kier alpha value is -2.33. The summed E-state index contributed by atoms with van der Waals surface area (Å²) < 4.78 is 5.52. The van der Waals surface area contributed by atoms with Gasteiger partial charge >= 0.3 is 0 Å². The average Bonchev–Trinajstić information content (AvgIpc) is 2.63. The fourth-order valence-corrected chi connectivity index (χ4v) is 3.68. The third-order valence-corrected chi connectivity index (χ3v) is 5.15. The first-order valence-electron chi connectivity index (χ1n) is 9.22. The zero-order valence-corrected chi connectivity index (χ0v) is 15.9. The molecule has 0 bridgehead atoms. The van der Waals surface area contributed by atoms with Gasteiger partial charge in [0.1, 0.15) is 5.75 Å². The van der Waals surface area contributed by atoms with Crippen molar-refractivity contribution in [3.05, 3.63) is 54.1 Å². The van der Waals surface area contributed by atoms with Gasteiger partial charge in [-0.15, -0.1) is 0 Å². The van der Waals surface area contributed by atoms with E-state index in [2.05, 4.69) is 59.6 Å². The predicted molar refractivity (Wildman–Crippen MR) is 105 cm³/mol. The molecule has 0 aliphatic carbocycles. The van der Waals surface area contributed by atoms with Crippen LogP contribution in [0.2, 0.25) is 0 Å². The van der Waals surface area contributed by atoms with E-state index in [1.807, 2.05) is 6.07 Å². The SMILES string of the molecule is COc1cc(CN2CCC(C)(NC(C)=O)CC2)cc(-c2ccccc2)c1. The van der Waals surface area contributed by atoms with Gasteiger partial charge in [0.25, 0.3) is 0 Å². The Morgan fingerprint density at radius 1 is 1.12 bits per heavy atom. The molecule has 138 valence electrons. The molecule has 4 heteroatoms. The highest BCUT2D eigenvalue weighted by Gasteiger charge is 2.30. The Balaban J connectivity index is 1.71. The normalized spacial score (nSPS) is 16.9. The zero-order chi connectivity index (χ0) is 18.6. The molecule has 1 aliphatic heterocycles. The number of amides is 1. The van der Waals surface area contributed by atoms with Gasteiger partial charge in [-0.2, -0.15) is 0 Å². The maximum Gasteiger partial charge on any atom is 0.217 e. The minimum absolute atomic E-state index is 0.0567. The zero-order valence-electron chi connectivity index (χ0n) is 15.9. The Labute approximate surface area is 156 Å². The van der Waals surface area contributed by atoms with Crippen molar-refractivity contribution in [1.29, 1.82) is 0 Å². The van der Waals surface area contributed by atoms with E-state index >= 15 is 0 Å². The molecule has 0 aromatic heterocycles. The van der Waals surface area contributed by atoms with Crippen LogP contribution in [-0.2, 0) is 11.3 Å². The number of rotatable bonds is 5. The van der Waals surface area contributed by atoms with Gasteiger partial charge in [0.2, 0.25) is 5.91 Å². The van der Waals surface area contributed by atoms with Crippen molar-refractivity contribution in [2.24, 2.45) is 0 Å². The van der Waals surface area contributed by atoms with Crippen LogP contribution in [0.5, 0.6) is 5.75 Å². The summed E-state index contributed by atoms with van der Waals surface area (Å²) in [5, 5.41) is 3.11. The van der Waals surface area contributed by atoms with Crippen molar-refractivity contribution in [2.45, 2.75) is 38.8 Å². The number of carbonyl (C=O) groups excluding carboxylic acids is 1. The third-order valence-electron chi connectivity index (χ3n) is 5.15. The Bertz CT molecular complexity index is 750. The summed E-state index contributed by atoms with van der Waals surface area (Å²) in [6.07, 6.45) is 1.95. The van der Waals surface area contributed by atoms with E-state index in [0.29, 0.717) is 0 Å². The topological polar surface area (TPSA) is 41.6 Å². The number of nitrogens with zero attached hydrogens (tertiary/aromatic N) is 1. The first-order valence-corrected chi connectivity index (χ1v) is 9.22. The molecule has 1 heterocycles. The number of ether oxygens (including phenoxy) is 1. The van der Waals surface area contributed by atoms with Crippen LogP contribution < -0.4 is 10.1 Å². The predicted octanol–water partition coefficient (Wildman–Crippen LogP) is 3.85. The maximum absolute atomic E-state index is 11.4. The molecule has 3 rings (SSSR count). The number of methoxy groups -OCH3 is 1. The van der Waals surface area contributed by atoms with Gasteiger partial charge in [0.05, 0.1) is 7.11 Å². The second kappa shape index (κ2) is 7.92. The number of nitrogens with one attached hydrogen (secondary N) is 1. The van der Waals surface area contributed by atoms with Crippen LogP contribution in [0.15, 0.2) is 48.5 Å². The molecule has 1 saturated heterocycles. The van der Waals surface area contributed by atoms with Crippen molar-refractivity contribution >= 4 is 5.91 Å². The van der Waals surface area contributed by atoms with E-state index in [4.69, 9.17) is 4.74 Å². The molecule has 0 radical (unpaired) electrons. The molecule has 4 nitrogen and oxygen atoms in total. The number of likely N-dealkylation sites (tertiary alicyclic amines) is 1. The summed E-state index contributed by atoms with van der Waals surface area (Å²) in [5.74, 6) is 0.947. The smallest absolute Gasteiger partial charge is 0.217 e. The molecular formula is C22H28N2O2. The lowest BCUT2D eigenvalue weighted by Gasteiger charge is -2.39. The van der Waals surface area contributed by atoms with Gasteiger partial charge in [-0.1, -0.05) is 30.3 Å². The van der Waals surface area contributed by atoms with Gasteiger partial charge in [-0.25, -0.2) is 0 Å². The monoisotopic (exact) mass is 352 g/mol. The quantitative estimate of drug-likeness (QED) is 0.889. The van der Waals surface area contributed by atoms with Crippen molar-refractivity contribution in [3.63, 3.8) is 0 Å². The maximum atomic E-state index is 11.4. The molecule has 0 atom stereocenters. The van der Waals surface area contributed by atoms with Crippen LogP contribution in [0.4, 0.5) is 0 Å². The van der Waals surface area contributed by atoms with Crippen molar-refractivity contribution in [1.82, 2.24) is 10.2 Å². The highest BCUT2D eigenvalue weighted by Crippen LogP contribution is 2.28. The summed E-state index contributed by atoms with van der Waals surface area (Å²) in [6, 6.07) is 16.8. The number of hydrogen-bond donors (Lipinski definition) is 1. The van der Waals surface area contributed by atoms with Crippen LogP contribution in [0, 0.1) is 0 Å². The van der Waals surface area contributed by atoms with Crippen molar-refractivity contribution in [2.75, 3.05) is 20.2 Å². The molecule has 2 aromatic rings. The largest absolute Gasteiger partial charge is 0.497 e. The van der Waals surface area contributed by atoms with Gasteiger partial charge in [-0.05, 0) is 54.7 Å². The minimum atomic E-state index is -0.0775. The van der Waals surface area contributed by atoms with Crippen LogP contribution in [0.1, 0.15) is 32.3 Å². The minimum Gasteiger partial charge on any atom is -0.497 e. The second-order valence-electron chi connectivity index (χ2n) is 7.45. The average molecular weight is 352 g/mol. The Morgan fingerprint density at radius 3 is 2.42 bits per heavy atom. The van der Waals surface area contributed by atoms with Gasteiger partial charge in [0.15, 0.2) is 0 Å². The number of piperidine rings is 1. The van der Waals surface area contributed by atoms with Gasteiger partial charge in [-0.3, -0.25) is 9.69 Å². The van der Waals surface area contributed by atoms with Gasteiger partial charge < -0.3 is 10.1 Å². The van der Waals surface area contributed by atoms with E-state index in [1.54, 1.807) is 14.0 Å². The molecule has 1 amide bonds. The number of hydrogen-bond acceptors (Lipinski definition) is 3. The third kappa shape index (κ3) is 4.64. The van der Waals surface area contributed by atoms with E-state index in [0.717, 1.165) is 38.2 Å². The highest BCUT2D eigenvalue weighted by molar-refractivity contribution is 5.73. The van der Waals surface area contributed by atoms with Crippen molar-refractivity contribution in [3.8, 4) is 16.9 Å². The standard InChI is InChI=1S/C22H28N2O2/c1-17(25)23-22(2)9-11-24(12-10-22)16-18-13-20(15-21(14-18)26-3)19-7-5-4-6-8-19/h4-8,13-15H,9-12,16H2,1-3H3,(H,23,25). The van der Waals surface area contributed by atoms with E-state index in [-0.39, 0.29) is 11.4 Å². The lowest BCUT2D eigenvalue weighted by Crippen LogP contribution is -2.52. The molecule has 26 heavy (non-hydrogen) atoms. The van der Waals surface area contributed by atoms with Crippen molar-refractivity contribution < 1.29 is 9.53 Å². The van der Waals surface area contributed by atoms with Crippen LogP contribution in [-0.4, -0.2) is 36.5 Å². The first-order chi connectivity index (χ1) is 12.5. The molecule has 0 unspecified atom stereocenters. The molecule has 0 saturated carbocycles. The lowest BCUT2D eigenvalue weighted by atomic mass is 9.89. The molecule has 2 aromatic carbocycles. The Kier molecular flexibility index (Phi) is 5.62. The number of carbonyl (C=O) groups is 1. The van der Waals surface area contributed by atoms with Crippen LogP contribution >= 0.6 is 0 Å². The Morgan fingerprint density at radius 2 is 1.81 bits per heavy atom. The molecule has 1 aliphatic rings. The summed E-state index contributed by atoms with van der Waals surface area (Å²) >= 11 is 0. The lowest BCUT2D eigenvalue weighted by molar-refractivity contribution is -0.121. The second-order valence-corrected chi connectivity index (χ2v) is 7.45. The van der Waals surface area contributed by atoms with Gasteiger partial charge in [0, 0.05) is 32.1 Å². The summed E-state index contributed by atoms with van der Waals surface area (Å²) in [7, 11) is 1.72. The highest BCUT2D eigenvalue weighted by atomic mass is 16.5. The summed E-state index contributed by atoms with van der Waals surface area (Å²) in [4.78, 5) is 13.8. The van der Waals surface area contributed by atoms with E-state index in [9.17, 15) is 4.79 Å².